The smallest absolute Gasteiger partial charge is 0.450 e. The summed E-state index contributed by atoms with van der Waals surface area (Å²) in [5.74, 6) is 0. The molecule has 1 rings (SSSR count). The van der Waals surface area contributed by atoms with E-state index in [4.69, 9.17) is 9.84 Å². The maximum absolute atomic E-state index is 10.6. The van der Waals surface area contributed by atoms with Crippen LogP contribution < -0.4 is 0 Å². The lowest BCUT2D eigenvalue weighted by Crippen LogP contribution is -2.17. The number of hydrogen-bond donors (Lipinski definition) is 1. The Hall–Kier alpha value is -1.51. The Morgan fingerprint density at radius 3 is 2.56 bits per heavy atom. The Balaban J connectivity index is 2.37. The van der Waals surface area contributed by atoms with E-state index in [0.29, 0.717) is 0 Å². The van der Waals surface area contributed by atoms with Crippen molar-refractivity contribution in [1.29, 1.82) is 0 Å². The normalized spacial score (nSPS) is 12.1. The van der Waals surface area contributed by atoms with Crippen LogP contribution in [0.25, 0.3) is 0 Å². The highest BCUT2D eigenvalue weighted by molar-refractivity contribution is 5.57. The molecular formula is C15H22O3. The van der Waals surface area contributed by atoms with Crippen molar-refractivity contribution < 1.29 is 14.6 Å². The largest absolute Gasteiger partial charge is 0.506 e. The summed E-state index contributed by atoms with van der Waals surface area (Å²) in [6, 6.07) is 10.1. The first-order valence-corrected chi connectivity index (χ1v) is 6.66. The lowest BCUT2D eigenvalue weighted by Gasteiger charge is -2.15. The van der Waals surface area contributed by atoms with Crippen molar-refractivity contribution in [2.24, 2.45) is 0 Å². The van der Waals surface area contributed by atoms with Gasteiger partial charge in [0.15, 0.2) is 0 Å². The molecule has 1 aromatic rings. The van der Waals surface area contributed by atoms with Crippen LogP contribution in [0, 0.1) is 0 Å². The molecule has 1 atom stereocenters. The lowest BCUT2D eigenvalue weighted by molar-refractivity contribution is 0.0436. The van der Waals surface area contributed by atoms with Crippen LogP contribution >= 0.6 is 0 Å². The van der Waals surface area contributed by atoms with E-state index in [9.17, 15) is 4.79 Å². The third kappa shape index (κ3) is 6.28. The van der Waals surface area contributed by atoms with Crippen molar-refractivity contribution in [3.8, 4) is 0 Å². The van der Waals surface area contributed by atoms with Gasteiger partial charge >= 0.3 is 6.16 Å². The molecule has 0 bridgehead atoms. The fourth-order valence-corrected chi connectivity index (χ4v) is 2.00. The van der Waals surface area contributed by atoms with Gasteiger partial charge in [0.05, 0.1) is 0 Å². The Kier molecular flexibility index (Phi) is 6.92. The van der Waals surface area contributed by atoms with Gasteiger partial charge in [-0.3, -0.25) is 0 Å². The van der Waals surface area contributed by atoms with Gasteiger partial charge < -0.3 is 9.84 Å². The van der Waals surface area contributed by atoms with Crippen molar-refractivity contribution in [2.75, 3.05) is 0 Å². The maximum Gasteiger partial charge on any atom is 0.506 e. The standard InChI is InChI=1S/C15H22O3/c1-2-3-5-10-14(18-15(16)17)12-11-13-8-6-4-7-9-13/h4,6-9,14H,2-3,5,10-12H2,1H3,(H,16,17). The molecule has 3 nitrogen and oxygen atoms in total. The van der Waals surface area contributed by atoms with Crippen molar-refractivity contribution >= 4 is 6.16 Å². The van der Waals surface area contributed by atoms with Crippen LogP contribution in [-0.4, -0.2) is 17.4 Å². The van der Waals surface area contributed by atoms with Gasteiger partial charge in [0.1, 0.15) is 6.10 Å². The number of ether oxygens (including phenoxy) is 1. The number of aryl methyl sites for hydroxylation is 1. The molecule has 0 fully saturated rings. The highest BCUT2D eigenvalue weighted by Gasteiger charge is 2.13. The maximum atomic E-state index is 10.6. The zero-order chi connectivity index (χ0) is 13.2. The van der Waals surface area contributed by atoms with Crippen LogP contribution in [-0.2, 0) is 11.2 Å². The van der Waals surface area contributed by atoms with Crippen LogP contribution in [0.1, 0.15) is 44.6 Å². The zero-order valence-corrected chi connectivity index (χ0v) is 11.0. The van der Waals surface area contributed by atoms with E-state index in [1.165, 1.54) is 5.56 Å². The minimum absolute atomic E-state index is 0.172. The van der Waals surface area contributed by atoms with Crippen molar-refractivity contribution in [2.45, 2.75) is 51.6 Å². The Bertz CT molecular complexity index is 335. The molecule has 0 aromatic heterocycles. The molecule has 0 saturated heterocycles. The van der Waals surface area contributed by atoms with Gasteiger partial charge in [-0.15, -0.1) is 0 Å². The molecule has 0 aliphatic carbocycles. The molecule has 0 radical (unpaired) electrons. The fourth-order valence-electron chi connectivity index (χ4n) is 2.00. The van der Waals surface area contributed by atoms with Crippen molar-refractivity contribution in [1.82, 2.24) is 0 Å². The fraction of sp³-hybridized carbons (Fsp3) is 0.533. The van der Waals surface area contributed by atoms with Crippen LogP contribution in [0.5, 0.6) is 0 Å². The van der Waals surface area contributed by atoms with Crippen LogP contribution in [0.15, 0.2) is 30.3 Å². The van der Waals surface area contributed by atoms with E-state index in [-0.39, 0.29) is 6.10 Å². The molecule has 0 aliphatic heterocycles. The molecule has 1 aromatic carbocycles. The van der Waals surface area contributed by atoms with E-state index in [1.54, 1.807) is 0 Å². The molecule has 0 aliphatic rings. The molecule has 18 heavy (non-hydrogen) atoms. The summed E-state index contributed by atoms with van der Waals surface area (Å²) in [5, 5.41) is 8.72. The second-order valence-corrected chi connectivity index (χ2v) is 4.53. The van der Waals surface area contributed by atoms with E-state index in [0.717, 1.165) is 38.5 Å². The van der Waals surface area contributed by atoms with E-state index in [2.05, 4.69) is 19.1 Å². The van der Waals surface area contributed by atoms with Gasteiger partial charge in [0.2, 0.25) is 0 Å². The number of carbonyl (C=O) groups is 1. The van der Waals surface area contributed by atoms with E-state index in [1.807, 2.05) is 18.2 Å². The monoisotopic (exact) mass is 250 g/mol. The minimum Gasteiger partial charge on any atom is -0.450 e. The Morgan fingerprint density at radius 2 is 1.94 bits per heavy atom. The van der Waals surface area contributed by atoms with Gasteiger partial charge in [-0.1, -0.05) is 50.1 Å². The third-order valence-electron chi connectivity index (χ3n) is 2.99. The number of rotatable bonds is 8. The first kappa shape index (κ1) is 14.6. The van der Waals surface area contributed by atoms with Crippen LogP contribution in [0.3, 0.4) is 0 Å². The lowest BCUT2D eigenvalue weighted by atomic mass is 10.0. The molecule has 1 N–H and O–H groups in total. The molecule has 0 spiro atoms. The number of unbranched alkanes of at least 4 members (excludes halogenated alkanes) is 2. The van der Waals surface area contributed by atoms with Crippen LogP contribution in [0.2, 0.25) is 0 Å². The topological polar surface area (TPSA) is 46.5 Å². The number of carboxylic acid groups (broad SMARTS) is 1. The third-order valence-corrected chi connectivity index (χ3v) is 2.99. The quantitative estimate of drug-likeness (QED) is 0.554. The first-order chi connectivity index (χ1) is 8.72. The average molecular weight is 250 g/mol. The summed E-state index contributed by atoms with van der Waals surface area (Å²) in [6.45, 7) is 2.14. The van der Waals surface area contributed by atoms with Crippen molar-refractivity contribution in [3.05, 3.63) is 35.9 Å². The summed E-state index contributed by atoms with van der Waals surface area (Å²) in [4.78, 5) is 10.6. The minimum atomic E-state index is -1.16. The molecule has 0 saturated carbocycles. The summed E-state index contributed by atoms with van der Waals surface area (Å²) in [7, 11) is 0. The van der Waals surface area contributed by atoms with Gasteiger partial charge in [0.25, 0.3) is 0 Å². The van der Waals surface area contributed by atoms with Crippen molar-refractivity contribution in [3.63, 3.8) is 0 Å². The number of benzene rings is 1. The second-order valence-electron chi connectivity index (χ2n) is 4.53. The molecule has 0 amide bonds. The Labute approximate surface area is 109 Å². The average Bonchev–Trinajstić information content (AvgIpc) is 2.37. The molecule has 3 heteroatoms. The Morgan fingerprint density at radius 1 is 1.22 bits per heavy atom. The SMILES string of the molecule is CCCCCC(CCc1ccccc1)OC(=O)O. The van der Waals surface area contributed by atoms with Gasteiger partial charge in [-0.05, 0) is 31.2 Å². The van der Waals surface area contributed by atoms with E-state index >= 15 is 0 Å². The number of hydrogen-bond acceptors (Lipinski definition) is 2. The molecule has 1 unspecified atom stereocenters. The first-order valence-electron chi connectivity index (χ1n) is 6.66. The summed E-state index contributed by atoms with van der Waals surface area (Å²) >= 11 is 0. The van der Waals surface area contributed by atoms with Gasteiger partial charge in [0, 0.05) is 0 Å². The zero-order valence-electron chi connectivity index (χ0n) is 11.0. The molecular weight excluding hydrogens is 228 g/mol. The highest BCUT2D eigenvalue weighted by atomic mass is 16.7. The van der Waals surface area contributed by atoms with Crippen LogP contribution in [0.4, 0.5) is 4.79 Å². The second kappa shape index (κ2) is 8.56. The van der Waals surface area contributed by atoms with Gasteiger partial charge in [-0.2, -0.15) is 0 Å². The highest BCUT2D eigenvalue weighted by Crippen LogP contribution is 2.14. The van der Waals surface area contributed by atoms with E-state index < -0.39 is 6.16 Å². The predicted octanol–water partition coefficient (Wildman–Crippen LogP) is 4.26. The summed E-state index contributed by atoms with van der Waals surface area (Å²) in [6.07, 6.45) is 4.42. The molecule has 100 valence electrons. The summed E-state index contributed by atoms with van der Waals surface area (Å²) < 4.78 is 4.94. The predicted molar refractivity (Wildman–Crippen MR) is 71.8 cm³/mol. The van der Waals surface area contributed by atoms with Gasteiger partial charge in [-0.25, -0.2) is 4.79 Å². The summed E-state index contributed by atoms with van der Waals surface area (Å²) in [5.41, 5.74) is 1.23. The molecule has 0 heterocycles.